The molecule has 0 spiro atoms. The van der Waals surface area contributed by atoms with Crippen LogP contribution in [0.1, 0.15) is 50.8 Å². The molecule has 0 unspecified atom stereocenters. The van der Waals surface area contributed by atoms with Crippen LogP contribution in [0.4, 0.5) is 0 Å². The monoisotopic (exact) mass is 404 g/mol. The minimum absolute atomic E-state index is 0.634. The summed E-state index contributed by atoms with van der Waals surface area (Å²) in [4.78, 5) is 2.86. The van der Waals surface area contributed by atoms with Gasteiger partial charge in [-0.2, -0.15) is 0 Å². The molecule has 152 valence electrons. The van der Waals surface area contributed by atoms with Crippen LogP contribution in [0.3, 0.4) is 0 Å². The van der Waals surface area contributed by atoms with Crippen molar-refractivity contribution in [3.05, 3.63) is 77.7 Å². The highest BCUT2D eigenvalue weighted by molar-refractivity contribution is 7.15. The molecule has 0 saturated heterocycles. The van der Waals surface area contributed by atoms with Crippen molar-refractivity contribution in [3.8, 4) is 27.3 Å². The molecule has 0 bridgehead atoms. The Morgan fingerprint density at radius 3 is 2.10 bits per heavy atom. The molecule has 2 aromatic carbocycles. The molecule has 0 aliphatic heterocycles. The molecule has 0 amide bonds. The summed E-state index contributed by atoms with van der Waals surface area (Å²) in [5, 5.41) is 0. The van der Waals surface area contributed by atoms with E-state index in [1.165, 1.54) is 58.5 Å². The average molecular weight is 405 g/mol. The number of hydrogen-bond acceptors (Lipinski definition) is 2. The SMILES string of the molecule is CCCC=CCOc1ccc(-c2ccc(-c3ccc(CCCCC)s3)cc2)cc1. The van der Waals surface area contributed by atoms with Gasteiger partial charge in [-0.3, -0.25) is 0 Å². The highest BCUT2D eigenvalue weighted by atomic mass is 32.1. The van der Waals surface area contributed by atoms with Crippen molar-refractivity contribution in [2.75, 3.05) is 6.61 Å². The average Bonchev–Trinajstić information content (AvgIpc) is 3.23. The second-order valence-corrected chi connectivity index (χ2v) is 8.56. The summed E-state index contributed by atoms with van der Waals surface area (Å²) < 4.78 is 5.77. The minimum atomic E-state index is 0.634. The van der Waals surface area contributed by atoms with Crippen LogP contribution in [0.15, 0.2) is 72.8 Å². The predicted octanol–water partition coefficient (Wildman–Crippen LogP) is 8.55. The number of hydrogen-bond donors (Lipinski definition) is 0. The Balaban J connectivity index is 1.58. The van der Waals surface area contributed by atoms with E-state index in [2.05, 4.69) is 86.7 Å². The van der Waals surface area contributed by atoms with Crippen LogP contribution in [-0.2, 0) is 6.42 Å². The van der Waals surface area contributed by atoms with Crippen LogP contribution < -0.4 is 4.74 Å². The molecule has 0 radical (unpaired) electrons. The summed E-state index contributed by atoms with van der Waals surface area (Å²) in [5.41, 5.74) is 3.76. The lowest BCUT2D eigenvalue weighted by Crippen LogP contribution is -1.92. The van der Waals surface area contributed by atoms with E-state index < -0.39 is 0 Å². The largest absolute Gasteiger partial charge is 0.490 e. The zero-order chi connectivity index (χ0) is 20.3. The summed E-state index contributed by atoms with van der Waals surface area (Å²) in [6.07, 6.45) is 11.7. The van der Waals surface area contributed by atoms with Gasteiger partial charge in [0.1, 0.15) is 12.4 Å². The number of aryl methyl sites for hydroxylation is 1. The normalized spacial score (nSPS) is 11.2. The first-order valence-corrected chi connectivity index (χ1v) is 11.7. The van der Waals surface area contributed by atoms with Gasteiger partial charge in [-0.25, -0.2) is 0 Å². The van der Waals surface area contributed by atoms with Crippen LogP contribution in [0.2, 0.25) is 0 Å². The van der Waals surface area contributed by atoms with Gasteiger partial charge in [0, 0.05) is 9.75 Å². The van der Waals surface area contributed by atoms with Crippen molar-refractivity contribution in [3.63, 3.8) is 0 Å². The second-order valence-electron chi connectivity index (χ2n) is 7.40. The van der Waals surface area contributed by atoms with Gasteiger partial charge in [-0.05, 0) is 60.2 Å². The second kappa shape index (κ2) is 11.6. The van der Waals surface area contributed by atoms with Crippen molar-refractivity contribution in [2.24, 2.45) is 0 Å². The Labute approximate surface area is 180 Å². The van der Waals surface area contributed by atoms with E-state index in [0.29, 0.717) is 6.61 Å². The number of thiophene rings is 1. The highest BCUT2D eigenvalue weighted by Crippen LogP contribution is 2.31. The maximum Gasteiger partial charge on any atom is 0.119 e. The van der Waals surface area contributed by atoms with Gasteiger partial charge in [0.2, 0.25) is 0 Å². The van der Waals surface area contributed by atoms with E-state index in [-0.39, 0.29) is 0 Å². The van der Waals surface area contributed by atoms with Crippen LogP contribution >= 0.6 is 11.3 Å². The standard InChI is InChI=1S/C27H32OS/c1-3-5-7-9-21-28-25-17-15-23(16-18-25)22-11-13-24(14-12-22)27-20-19-26(29-27)10-8-6-4-2/h7,9,11-20H,3-6,8,10,21H2,1-2H3. The molecule has 0 atom stereocenters. The van der Waals surface area contributed by atoms with Gasteiger partial charge in [0.25, 0.3) is 0 Å². The highest BCUT2D eigenvalue weighted by Gasteiger charge is 2.04. The fourth-order valence-electron chi connectivity index (χ4n) is 3.28. The van der Waals surface area contributed by atoms with Crippen molar-refractivity contribution in [1.82, 2.24) is 0 Å². The Kier molecular flexibility index (Phi) is 8.58. The van der Waals surface area contributed by atoms with E-state index in [1.54, 1.807) is 0 Å². The molecule has 1 aromatic heterocycles. The fraction of sp³-hybridized carbons (Fsp3) is 0.333. The number of unbranched alkanes of at least 4 members (excludes halogenated alkanes) is 3. The van der Waals surface area contributed by atoms with Gasteiger partial charge in [0.15, 0.2) is 0 Å². The molecule has 1 heterocycles. The molecule has 0 N–H and O–H groups in total. The van der Waals surface area contributed by atoms with Gasteiger partial charge in [0.05, 0.1) is 0 Å². The quantitative estimate of drug-likeness (QED) is 0.230. The van der Waals surface area contributed by atoms with E-state index >= 15 is 0 Å². The zero-order valence-electron chi connectivity index (χ0n) is 17.7. The first-order valence-electron chi connectivity index (χ1n) is 10.9. The molecule has 0 aliphatic rings. The molecule has 0 saturated carbocycles. The Morgan fingerprint density at radius 2 is 1.41 bits per heavy atom. The zero-order valence-corrected chi connectivity index (χ0v) is 18.5. The maximum atomic E-state index is 5.77. The predicted molar refractivity (Wildman–Crippen MR) is 128 cm³/mol. The van der Waals surface area contributed by atoms with Crippen LogP contribution in [0, 0.1) is 0 Å². The Bertz CT molecular complexity index is 872. The molecular formula is C27H32OS. The number of rotatable bonds is 11. The van der Waals surface area contributed by atoms with Crippen molar-refractivity contribution in [2.45, 2.75) is 52.4 Å². The molecule has 1 nitrogen and oxygen atoms in total. The van der Waals surface area contributed by atoms with Crippen LogP contribution in [0.25, 0.3) is 21.6 Å². The first-order chi connectivity index (χ1) is 14.3. The van der Waals surface area contributed by atoms with E-state index in [1.807, 2.05) is 11.3 Å². The van der Waals surface area contributed by atoms with Crippen molar-refractivity contribution >= 4 is 11.3 Å². The van der Waals surface area contributed by atoms with E-state index in [0.717, 1.165) is 12.2 Å². The lowest BCUT2D eigenvalue weighted by Gasteiger charge is -2.06. The number of allylic oxidation sites excluding steroid dienone is 1. The number of ether oxygens (including phenoxy) is 1. The topological polar surface area (TPSA) is 9.23 Å². The van der Waals surface area contributed by atoms with Crippen LogP contribution in [0.5, 0.6) is 5.75 Å². The molecule has 0 aliphatic carbocycles. The third-order valence-electron chi connectivity index (χ3n) is 5.01. The number of benzene rings is 2. The van der Waals surface area contributed by atoms with E-state index in [4.69, 9.17) is 4.74 Å². The third kappa shape index (κ3) is 6.61. The lowest BCUT2D eigenvalue weighted by molar-refractivity contribution is 0.362. The summed E-state index contributed by atoms with van der Waals surface area (Å²) in [5.74, 6) is 0.917. The third-order valence-corrected chi connectivity index (χ3v) is 6.21. The van der Waals surface area contributed by atoms with Crippen molar-refractivity contribution in [1.29, 1.82) is 0 Å². The summed E-state index contributed by atoms with van der Waals surface area (Å²) >= 11 is 1.93. The molecule has 2 heteroatoms. The Hall–Kier alpha value is -2.32. The first kappa shape index (κ1) is 21.4. The smallest absolute Gasteiger partial charge is 0.119 e. The van der Waals surface area contributed by atoms with Crippen LogP contribution in [-0.4, -0.2) is 6.61 Å². The summed E-state index contributed by atoms with van der Waals surface area (Å²) in [7, 11) is 0. The van der Waals surface area contributed by atoms with Gasteiger partial charge in [-0.15, -0.1) is 11.3 Å². The minimum Gasteiger partial charge on any atom is -0.490 e. The van der Waals surface area contributed by atoms with Crippen molar-refractivity contribution < 1.29 is 4.74 Å². The molecule has 3 rings (SSSR count). The maximum absolute atomic E-state index is 5.77. The van der Waals surface area contributed by atoms with Gasteiger partial charge < -0.3 is 4.74 Å². The molecule has 3 aromatic rings. The molecule has 29 heavy (non-hydrogen) atoms. The lowest BCUT2D eigenvalue weighted by atomic mass is 10.0. The van der Waals surface area contributed by atoms with Gasteiger partial charge >= 0.3 is 0 Å². The molecular weight excluding hydrogens is 372 g/mol. The fourth-order valence-corrected chi connectivity index (χ4v) is 4.34. The summed E-state index contributed by atoms with van der Waals surface area (Å²) in [6, 6.07) is 21.8. The van der Waals surface area contributed by atoms with E-state index in [9.17, 15) is 0 Å². The molecule has 0 fully saturated rings. The Morgan fingerprint density at radius 1 is 0.724 bits per heavy atom. The van der Waals surface area contributed by atoms with Gasteiger partial charge in [-0.1, -0.05) is 81.7 Å². The summed E-state index contributed by atoms with van der Waals surface area (Å²) in [6.45, 7) is 5.08.